The minimum atomic E-state index is 0.207. The Labute approximate surface area is 128 Å². The molecule has 2 aromatic carbocycles. The summed E-state index contributed by atoms with van der Waals surface area (Å²) < 4.78 is 5.77. The summed E-state index contributed by atoms with van der Waals surface area (Å²) in [6.45, 7) is 1.86. The number of carbonyl (C=O) groups is 1. The number of carbonyl (C=O) groups excluding carboxylic acids is 1. The van der Waals surface area contributed by atoms with E-state index in [0.29, 0.717) is 18.1 Å². The summed E-state index contributed by atoms with van der Waals surface area (Å²) in [6.07, 6.45) is 1.29. The highest BCUT2D eigenvalue weighted by Crippen LogP contribution is 2.28. The van der Waals surface area contributed by atoms with Gasteiger partial charge in [0.05, 0.1) is 5.52 Å². The number of aldehydes is 1. The second kappa shape index (κ2) is 5.85. The maximum absolute atomic E-state index is 10.6. The number of aryl methyl sites for hydroxylation is 1. The second-order valence-electron chi connectivity index (χ2n) is 5.10. The highest BCUT2D eigenvalue weighted by Gasteiger charge is 2.05. The van der Waals surface area contributed by atoms with E-state index >= 15 is 0 Å². The van der Waals surface area contributed by atoms with Gasteiger partial charge in [0, 0.05) is 17.9 Å². The van der Waals surface area contributed by atoms with E-state index in [1.165, 1.54) is 0 Å². The molecule has 0 amide bonds. The molecule has 1 aromatic heterocycles. The monoisotopic (exact) mass is 293 g/mol. The van der Waals surface area contributed by atoms with Crippen molar-refractivity contribution in [3.63, 3.8) is 0 Å². The van der Waals surface area contributed by atoms with Crippen LogP contribution in [0.4, 0.5) is 0 Å². The maximum Gasteiger partial charge on any atom is 0.219 e. The van der Waals surface area contributed by atoms with Crippen LogP contribution in [0.25, 0.3) is 10.9 Å². The Balaban J connectivity index is 1.91. The zero-order chi connectivity index (χ0) is 15.5. The van der Waals surface area contributed by atoms with E-state index in [9.17, 15) is 9.90 Å². The van der Waals surface area contributed by atoms with Crippen molar-refractivity contribution in [3.05, 3.63) is 59.7 Å². The quantitative estimate of drug-likeness (QED) is 0.744. The maximum atomic E-state index is 10.6. The van der Waals surface area contributed by atoms with Crippen molar-refractivity contribution in [2.45, 2.75) is 13.3 Å². The van der Waals surface area contributed by atoms with E-state index in [1.54, 1.807) is 24.3 Å². The number of phenols is 1. The molecule has 3 rings (SSSR count). The average molecular weight is 293 g/mol. The molecule has 0 atom stereocenters. The summed E-state index contributed by atoms with van der Waals surface area (Å²) in [5, 5.41) is 10.4. The van der Waals surface area contributed by atoms with Gasteiger partial charge < -0.3 is 14.6 Å². The topological polar surface area (TPSA) is 59.4 Å². The molecular weight excluding hydrogens is 278 g/mol. The first-order valence-electron chi connectivity index (χ1n) is 6.96. The lowest BCUT2D eigenvalue weighted by molar-refractivity contribution is -0.107. The van der Waals surface area contributed by atoms with E-state index in [0.717, 1.165) is 28.3 Å². The minimum absolute atomic E-state index is 0.207. The molecule has 0 aliphatic rings. The number of hydrogen-bond donors (Lipinski definition) is 1. The summed E-state index contributed by atoms with van der Waals surface area (Å²) in [6, 6.07) is 14.4. The number of pyridine rings is 1. The zero-order valence-electron chi connectivity index (χ0n) is 12.1. The molecule has 0 bridgehead atoms. The third-order valence-corrected chi connectivity index (χ3v) is 3.42. The molecule has 0 spiro atoms. The van der Waals surface area contributed by atoms with Gasteiger partial charge in [-0.15, -0.1) is 0 Å². The predicted molar refractivity (Wildman–Crippen MR) is 84.4 cm³/mol. The number of phenolic OH excluding ortho intramolecular Hbond substituents is 1. The van der Waals surface area contributed by atoms with Gasteiger partial charge in [0.2, 0.25) is 5.88 Å². The van der Waals surface area contributed by atoms with Crippen LogP contribution in [0, 0.1) is 6.92 Å². The van der Waals surface area contributed by atoms with Crippen molar-refractivity contribution >= 4 is 17.2 Å². The van der Waals surface area contributed by atoms with E-state index < -0.39 is 0 Å². The Bertz CT molecular complexity index is 843. The summed E-state index contributed by atoms with van der Waals surface area (Å²) >= 11 is 0. The van der Waals surface area contributed by atoms with Crippen LogP contribution >= 0.6 is 0 Å². The van der Waals surface area contributed by atoms with Gasteiger partial charge in [0.1, 0.15) is 17.8 Å². The first kappa shape index (κ1) is 14.1. The summed E-state index contributed by atoms with van der Waals surface area (Å²) in [5.74, 6) is 1.35. The summed E-state index contributed by atoms with van der Waals surface area (Å²) in [4.78, 5) is 15.0. The van der Waals surface area contributed by atoms with Crippen LogP contribution in [0.1, 0.15) is 11.1 Å². The van der Waals surface area contributed by atoms with Crippen LogP contribution in [0.3, 0.4) is 0 Å². The number of ether oxygens (including phenoxy) is 1. The average Bonchev–Trinajstić information content (AvgIpc) is 2.50. The Morgan fingerprint density at radius 1 is 1.14 bits per heavy atom. The van der Waals surface area contributed by atoms with Crippen LogP contribution in [0.5, 0.6) is 17.4 Å². The van der Waals surface area contributed by atoms with Crippen LogP contribution in [0.15, 0.2) is 48.5 Å². The highest BCUT2D eigenvalue weighted by atomic mass is 16.5. The summed E-state index contributed by atoms with van der Waals surface area (Å²) in [5.41, 5.74) is 2.61. The minimum Gasteiger partial charge on any atom is -0.508 e. The van der Waals surface area contributed by atoms with Gasteiger partial charge in [-0.25, -0.2) is 4.98 Å². The van der Waals surface area contributed by atoms with Crippen molar-refractivity contribution < 1.29 is 14.6 Å². The van der Waals surface area contributed by atoms with Gasteiger partial charge in [-0.2, -0.15) is 0 Å². The number of hydrogen-bond acceptors (Lipinski definition) is 4. The molecule has 1 N–H and O–H groups in total. The number of fused-ring (bicyclic) bond motifs is 1. The van der Waals surface area contributed by atoms with Crippen LogP contribution < -0.4 is 4.74 Å². The van der Waals surface area contributed by atoms with E-state index in [1.807, 2.05) is 31.2 Å². The fourth-order valence-corrected chi connectivity index (χ4v) is 2.30. The van der Waals surface area contributed by atoms with Gasteiger partial charge in [0.25, 0.3) is 0 Å². The van der Waals surface area contributed by atoms with Gasteiger partial charge >= 0.3 is 0 Å². The number of rotatable bonds is 4. The SMILES string of the molecule is Cc1cc(O)ccc1Oc1ccc2cc(CC=O)ccc2n1. The molecule has 4 nitrogen and oxygen atoms in total. The van der Waals surface area contributed by atoms with Crippen molar-refractivity contribution in [3.8, 4) is 17.4 Å². The molecule has 22 heavy (non-hydrogen) atoms. The number of benzene rings is 2. The molecule has 4 heteroatoms. The lowest BCUT2D eigenvalue weighted by Crippen LogP contribution is -1.92. The molecule has 110 valence electrons. The third-order valence-electron chi connectivity index (χ3n) is 3.42. The summed E-state index contributed by atoms with van der Waals surface area (Å²) in [7, 11) is 0. The molecule has 3 aromatic rings. The Morgan fingerprint density at radius 2 is 2.00 bits per heavy atom. The number of aromatic hydroxyl groups is 1. The predicted octanol–water partition coefficient (Wildman–Crippen LogP) is 3.78. The molecule has 0 aliphatic heterocycles. The Kier molecular flexibility index (Phi) is 3.74. The molecule has 0 aliphatic carbocycles. The first-order chi connectivity index (χ1) is 10.7. The normalized spacial score (nSPS) is 10.6. The van der Waals surface area contributed by atoms with E-state index in [2.05, 4.69) is 4.98 Å². The first-order valence-corrected chi connectivity index (χ1v) is 6.96. The van der Waals surface area contributed by atoms with Crippen molar-refractivity contribution in [1.29, 1.82) is 0 Å². The van der Waals surface area contributed by atoms with E-state index in [-0.39, 0.29) is 5.75 Å². The van der Waals surface area contributed by atoms with Gasteiger partial charge in [0.15, 0.2) is 0 Å². The lowest BCUT2D eigenvalue weighted by atomic mass is 10.1. The number of nitrogens with zero attached hydrogens (tertiary/aromatic N) is 1. The van der Waals surface area contributed by atoms with Crippen molar-refractivity contribution in [2.24, 2.45) is 0 Å². The fourth-order valence-electron chi connectivity index (χ4n) is 2.30. The smallest absolute Gasteiger partial charge is 0.219 e. The molecule has 0 radical (unpaired) electrons. The van der Waals surface area contributed by atoms with Crippen LogP contribution in [-0.2, 0) is 11.2 Å². The number of aromatic nitrogens is 1. The molecule has 1 heterocycles. The molecule has 0 unspecified atom stereocenters. The standard InChI is InChI=1S/C18H15NO3/c1-12-10-15(21)4-6-17(12)22-18-7-3-14-11-13(8-9-20)2-5-16(14)19-18/h2-7,9-11,21H,8H2,1H3. The largest absolute Gasteiger partial charge is 0.508 e. The molecule has 0 saturated heterocycles. The Hall–Kier alpha value is -2.88. The fraction of sp³-hybridized carbons (Fsp3) is 0.111. The van der Waals surface area contributed by atoms with Gasteiger partial charge in [-0.05, 0) is 54.4 Å². The third kappa shape index (κ3) is 2.91. The van der Waals surface area contributed by atoms with Gasteiger partial charge in [-0.1, -0.05) is 6.07 Å². The Morgan fingerprint density at radius 3 is 2.77 bits per heavy atom. The van der Waals surface area contributed by atoms with Gasteiger partial charge in [-0.3, -0.25) is 0 Å². The zero-order valence-corrected chi connectivity index (χ0v) is 12.1. The van der Waals surface area contributed by atoms with E-state index in [4.69, 9.17) is 4.74 Å². The van der Waals surface area contributed by atoms with Crippen LogP contribution in [-0.4, -0.2) is 16.4 Å². The van der Waals surface area contributed by atoms with Crippen LogP contribution in [0.2, 0.25) is 0 Å². The lowest BCUT2D eigenvalue weighted by Gasteiger charge is -2.09. The highest BCUT2D eigenvalue weighted by molar-refractivity contribution is 5.80. The second-order valence-corrected chi connectivity index (χ2v) is 5.10. The van der Waals surface area contributed by atoms with Crippen molar-refractivity contribution in [2.75, 3.05) is 0 Å². The molecule has 0 fully saturated rings. The molecular formula is C18H15NO3. The van der Waals surface area contributed by atoms with Crippen molar-refractivity contribution in [1.82, 2.24) is 4.98 Å². The molecule has 0 saturated carbocycles.